The number of amides is 1. The zero-order valence-corrected chi connectivity index (χ0v) is 15.5. The molecule has 9 heteroatoms. The Kier molecular flexibility index (Phi) is 11.6. The molecular formula is C18H18Li2N2O5. The minimum atomic E-state index is -1.27. The Hall–Kier alpha value is -1.90. The molecule has 1 aromatic carbocycles. The van der Waals surface area contributed by atoms with Gasteiger partial charge in [-0.25, -0.2) is 0 Å². The molecule has 0 unspecified atom stereocenters. The number of carboxylic acid groups (broad SMARTS) is 2. The van der Waals surface area contributed by atoms with E-state index in [0.29, 0.717) is 16.8 Å². The van der Waals surface area contributed by atoms with E-state index in [9.17, 15) is 24.6 Å². The van der Waals surface area contributed by atoms with E-state index in [0.717, 1.165) is 5.56 Å². The van der Waals surface area contributed by atoms with Gasteiger partial charge in [0.1, 0.15) is 0 Å². The first-order valence-corrected chi connectivity index (χ1v) is 7.84. The molecule has 0 fully saturated rings. The van der Waals surface area contributed by atoms with E-state index in [1.165, 1.54) is 0 Å². The quantitative estimate of drug-likeness (QED) is 0.432. The summed E-state index contributed by atoms with van der Waals surface area (Å²) in [6, 6.07) is 9.23. The number of aromatic amines is 1. The molecule has 1 amide bonds. The van der Waals surface area contributed by atoms with Crippen molar-refractivity contribution in [2.24, 2.45) is 0 Å². The zero-order chi connectivity index (χ0) is 18.2. The number of benzene rings is 1. The molecule has 132 valence electrons. The van der Waals surface area contributed by atoms with E-state index in [2.05, 4.69) is 10.3 Å². The van der Waals surface area contributed by atoms with Crippen LogP contribution in [0.2, 0.25) is 0 Å². The third-order valence-electron chi connectivity index (χ3n) is 3.76. The molecule has 0 radical (unpaired) electrons. The number of aromatic nitrogens is 1. The van der Waals surface area contributed by atoms with Crippen molar-refractivity contribution in [3.05, 3.63) is 58.9 Å². The Morgan fingerprint density at radius 2 is 1.63 bits per heavy atom. The summed E-state index contributed by atoms with van der Waals surface area (Å²) in [6.45, 7) is 0.125. The number of rotatable bonds is 9. The summed E-state index contributed by atoms with van der Waals surface area (Å²) in [5, 5.41) is 24.3. The number of H-pyrrole nitrogens is 1. The first-order valence-electron chi connectivity index (χ1n) is 7.84. The van der Waals surface area contributed by atoms with Gasteiger partial charge in [-0.2, -0.15) is 0 Å². The Balaban J connectivity index is 0.00000338. The van der Waals surface area contributed by atoms with Gasteiger partial charge in [-0.05, 0) is 29.5 Å². The zero-order valence-electron chi connectivity index (χ0n) is 15.5. The fraction of sp³-hybridized carbons (Fsp3) is 0.278. The third kappa shape index (κ3) is 8.55. The number of aryl methyl sites for hydroxylation is 1. The summed E-state index contributed by atoms with van der Waals surface area (Å²) in [4.78, 5) is 36.4. The summed E-state index contributed by atoms with van der Waals surface area (Å²) in [7, 11) is 0. The second kappa shape index (κ2) is 12.5. The predicted molar refractivity (Wildman–Crippen MR) is 84.8 cm³/mol. The number of nitrogens with one attached hydrogen (secondary N) is 2. The van der Waals surface area contributed by atoms with Crippen molar-refractivity contribution in [3.8, 4) is 0 Å². The molecular weight excluding hydrogens is 338 g/mol. The Bertz CT molecular complexity index is 762. The van der Waals surface area contributed by atoms with E-state index in [-0.39, 0.29) is 75.9 Å². The van der Waals surface area contributed by atoms with Crippen LogP contribution in [0.3, 0.4) is 0 Å². The molecule has 0 spiro atoms. The minimum Gasteiger partial charge on any atom is -0.550 e. The molecule has 0 saturated carbocycles. The average molecular weight is 356 g/mol. The summed E-state index contributed by atoms with van der Waals surface area (Å²) >= 11 is 0. The van der Waals surface area contributed by atoms with Crippen molar-refractivity contribution < 1.29 is 62.3 Å². The van der Waals surface area contributed by atoms with Crippen molar-refractivity contribution in [2.45, 2.75) is 32.2 Å². The van der Waals surface area contributed by atoms with Crippen molar-refractivity contribution in [3.63, 3.8) is 0 Å². The Labute approximate surface area is 181 Å². The van der Waals surface area contributed by atoms with Gasteiger partial charge >= 0.3 is 37.7 Å². The van der Waals surface area contributed by atoms with Gasteiger partial charge in [0.15, 0.2) is 0 Å². The van der Waals surface area contributed by atoms with Gasteiger partial charge < -0.3 is 30.1 Å². The summed E-state index contributed by atoms with van der Waals surface area (Å²) in [5.41, 5.74) is 2.41. The van der Waals surface area contributed by atoms with Gasteiger partial charge in [-0.1, -0.05) is 30.3 Å². The van der Waals surface area contributed by atoms with E-state index >= 15 is 0 Å². The van der Waals surface area contributed by atoms with Crippen LogP contribution in [0.5, 0.6) is 0 Å². The first kappa shape index (κ1) is 25.1. The normalized spacial score (nSPS) is 9.63. The van der Waals surface area contributed by atoms with Gasteiger partial charge in [0.05, 0.1) is 13.0 Å². The third-order valence-corrected chi connectivity index (χ3v) is 3.76. The average Bonchev–Trinajstić information content (AvgIpc) is 2.93. The van der Waals surface area contributed by atoms with Crippen LogP contribution in [-0.2, 0) is 40.2 Å². The van der Waals surface area contributed by atoms with Crippen molar-refractivity contribution in [1.29, 1.82) is 0 Å². The van der Waals surface area contributed by atoms with Crippen LogP contribution in [0.1, 0.15) is 28.8 Å². The van der Waals surface area contributed by atoms with Crippen LogP contribution in [0.25, 0.3) is 0 Å². The number of hydrogen-bond donors (Lipinski definition) is 2. The monoisotopic (exact) mass is 356 g/mol. The number of hydrogen-bond acceptors (Lipinski definition) is 5. The number of carbonyl (C=O) groups excluding carboxylic acids is 3. The van der Waals surface area contributed by atoms with Crippen molar-refractivity contribution in [1.82, 2.24) is 10.3 Å². The van der Waals surface area contributed by atoms with E-state index < -0.39 is 11.9 Å². The van der Waals surface area contributed by atoms with Gasteiger partial charge in [-0.15, -0.1) is 0 Å². The molecule has 0 saturated heterocycles. The van der Waals surface area contributed by atoms with Crippen LogP contribution in [-0.4, -0.2) is 22.8 Å². The summed E-state index contributed by atoms with van der Waals surface area (Å²) in [5.74, 6) is -2.68. The van der Waals surface area contributed by atoms with Gasteiger partial charge in [0.2, 0.25) is 5.91 Å². The van der Waals surface area contributed by atoms with Crippen molar-refractivity contribution >= 4 is 17.8 Å². The fourth-order valence-corrected chi connectivity index (χ4v) is 2.56. The summed E-state index contributed by atoms with van der Waals surface area (Å²) in [6.07, 6.45) is 1.36. The van der Waals surface area contributed by atoms with Crippen LogP contribution in [0.4, 0.5) is 0 Å². The van der Waals surface area contributed by atoms with E-state index in [4.69, 9.17) is 0 Å². The maximum Gasteiger partial charge on any atom is 1.00 e. The van der Waals surface area contributed by atoms with Gasteiger partial charge in [-0.3, -0.25) is 4.79 Å². The SMILES string of the molecule is O=C([O-])CCc1c[nH]c(CNC(=O)Cc2ccccc2)c1CC(=O)[O-].[Li+].[Li+]. The predicted octanol–water partition coefficient (Wildman–Crippen LogP) is -7.14. The number of carboxylic acids is 2. The second-order valence-electron chi connectivity index (χ2n) is 5.63. The topological polar surface area (TPSA) is 125 Å². The molecule has 1 heterocycles. The fourth-order valence-electron chi connectivity index (χ4n) is 2.56. The molecule has 0 aliphatic rings. The number of aliphatic carboxylic acids is 2. The molecule has 2 aromatic rings. The maximum absolute atomic E-state index is 12.0. The number of carbonyl (C=O) groups is 3. The molecule has 0 aliphatic carbocycles. The van der Waals surface area contributed by atoms with Crippen LogP contribution in [0.15, 0.2) is 36.5 Å². The largest absolute Gasteiger partial charge is 1.00 e. The van der Waals surface area contributed by atoms with Gasteiger partial charge in [0.25, 0.3) is 0 Å². The Morgan fingerprint density at radius 3 is 2.22 bits per heavy atom. The van der Waals surface area contributed by atoms with E-state index in [1.807, 2.05) is 30.3 Å². The molecule has 27 heavy (non-hydrogen) atoms. The van der Waals surface area contributed by atoms with Crippen LogP contribution < -0.4 is 53.3 Å². The van der Waals surface area contributed by atoms with Gasteiger partial charge in [0, 0.05) is 30.3 Å². The standard InChI is InChI=1S/C18H20N2O5.2Li/c21-16(8-12-4-2-1-3-5-12)20-11-15-14(9-18(24)25)13(10-19-15)6-7-17(22)23;;/h1-5,10,19H,6-9,11H2,(H,20,21)(H,22,23)(H,24,25);;/q;2*+1/p-2. The minimum absolute atomic E-state index is 0. The molecule has 0 bridgehead atoms. The summed E-state index contributed by atoms with van der Waals surface area (Å²) < 4.78 is 0. The maximum atomic E-state index is 12.0. The Morgan fingerprint density at radius 1 is 0.963 bits per heavy atom. The first-order chi connectivity index (χ1) is 12.0. The molecule has 0 atom stereocenters. The smallest absolute Gasteiger partial charge is 0.550 e. The molecule has 2 rings (SSSR count). The molecule has 0 aliphatic heterocycles. The molecule has 7 nitrogen and oxygen atoms in total. The van der Waals surface area contributed by atoms with Crippen LogP contribution >= 0.6 is 0 Å². The van der Waals surface area contributed by atoms with Crippen LogP contribution in [0, 0.1) is 0 Å². The second-order valence-corrected chi connectivity index (χ2v) is 5.63. The molecule has 2 N–H and O–H groups in total. The van der Waals surface area contributed by atoms with E-state index in [1.54, 1.807) is 6.20 Å². The van der Waals surface area contributed by atoms with Crippen molar-refractivity contribution in [2.75, 3.05) is 0 Å². The molecule has 1 aromatic heterocycles.